The summed E-state index contributed by atoms with van der Waals surface area (Å²) < 4.78 is 5.35. The zero-order valence-electron chi connectivity index (χ0n) is 9.06. The van der Waals surface area contributed by atoms with Crippen molar-refractivity contribution in [2.45, 2.75) is 24.9 Å². The highest BCUT2D eigenvalue weighted by molar-refractivity contribution is 5.98. The first-order chi connectivity index (χ1) is 8.11. The second-order valence-corrected chi connectivity index (χ2v) is 3.83. The monoisotopic (exact) mass is 242 g/mol. The number of aliphatic imine (C=N–C) groups is 2. The first-order valence-electron chi connectivity index (χ1n) is 5.21. The lowest BCUT2D eigenvalue weighted by Crippen LogP contribution is -2.40. The molecular formula is C9H14N4O4. The van der Waals surface area contributed by atoms with Crippen LogP contribution in [0.4, 0.5) is 0 Å². The topological polar surface area (TPSA) is 121 Å². The summed E-state index contributed by atoms with van der Waals surface area (Å²) in [5, 5.41) is 18.5. The van der Waals surface area contributed by atoms with E-state index in [-0.39, 0.29) is 31.4 Å². The maximum Gasteiger partial charge on any atom is 0.251 e. The third-order valence-corrected chi connectivity index (χ3v) is 2.67. The van der Waals surface area contributed by atoms with E-state index in [9.17, 15) is 9.90 Å². The van der Waals surface area contributed by atoms with Crippen LogP contribution in [0.5, 0.6) is 0 Å². The van der Waals surface area contributed by atoms with Gasteiger partial charge >= 0.3 is 0 Å². The van der Waals surface area contributed by atoms with Gasteiger partial charge in [0.15, 0.2) is 0 Å². The van der Waals surface area contributed by atoms with E-state index in [1.54, 1.807) is 0 Å². The van der Waals surface area contributed by atoms with Gasteiger partial charge in [0.2, 0.25) is 5.96 Å². The van der Waals surface area contributed by atoms with Crippen LogP contribution in [0.2, 0.25) is 0 Å². The minimum absolute atomic E-state index is 0.0260. The Hall–Kier alpha value is -1.51. The highest BCUT2D eigenvalue weighted by Crippen LogP contribution is 2.22. The van der Waals surface area contributed by atoms with Crippen LogP contribution >= 0.6 is 0 Å². The van der Waals surface area contributed by atoms with Gasteiger partial charge in [-0.1, -0.05) is 0 Å². The van der Waals surface area contributed by atoms with Gasteiger partial charge in [0, 0.05) is 6.42 Å². The number of nitrogens with two attached hydrogens (primary N) is 1. The molecule has 0 spiro atoms. The Morgan fingerprint density at radius 2 is 2.41 bits per heavy atom. The Bertz CT molecular complexity index is 370. The summed E-state index contributed by atoms with van der Waals surface area (Å²) in [6.45, 7) is -0.402. The minimum atomic E-state index is -0.798. The van der Waals surface area contributed by atoms with E-state index < -0.39 is 18.4 Å². The molecule has 3 atom stereocenters. The maximum atomic E-state index is 11.7. The maximum absolute atomic E-state index is 11.7. The van der Waals surface area contributed by atoms with E-state index in [1.165, 1.54) is 11.2 Å². The van der Waals surface area contributed by atoms with Gasteiger partial charge in [-0.05, 0) is 0 Å². The van der Waals surface area contributed by atoms with E-state index in [2.05, 4.69) is 9.98 Å². The van der Waals surface area contributed by atoms with E-state index in [4.69, 9.17) is 15.6 Å². The molecule has 0 aliphatic carbocycles. The van der Waals surface area contributed by atoms with Gasteiger partial charge in [0.25, 0.3) is 5.91 Å². The first kappa shape index (κ1) is 12.0. The number of aliphatic hydroxyl groups is 2. The van der Waals surface area contributed by atoms with Crippen molar-refractivity contribution in [1.29, 1.82) is 0 Å². The van der Waals surface area contributed by atoms with Crippen molar-refractivity contribution in [3.8, 4) is 0 Å². The van der Waals surface area contributed by atoms with Gasteiger partial charge in [-0.2, -0.15) is 0 Å². The highest BCUT2D eigenvalue weighted by atomic mass is 16.5. The number of hydrogen-bond acceptors (Lipinski definition) is 7. The van der Waals surface area contributed by atoms with Crippen LogP contribution in [0, 0.1) is 0 Å². The molecule has 17 heavy (non-hydrogen) atoms. The van der Waals surface area contributed by atoms with Crippen LogP contribution in [-0.4, -0.2) is 64.9 Å². The normalized spacial score (nSPS) is 33.8. The molecule has 8 heteroatoms. The Morgan fingerprint density at radius 3 is 3.06 bits per heavy atom. The quantitative estimate of drug-likeness (QED) is 0.500. The van der Waals surface area contributed by atoms with Crippen LogP contribution in [-0.2, 0) is 9.53 Å². The molecule has 8 nitrogen and oxygen atoms in total. The molecule has 2 heterocycles. The lowest BCUT2D eigenvalue weighted by Gasteiger charge is -2.22. The lowest BCUT2D eigenvalue weighted by molar-refractivity contribution is -0.136. The summed E-state index contributed by atoms with van der Waals surface area (Å²) in [5.74, 6) is -0.289. The van der Waals surface area contributed by atoms with Crippen LogP contribution in [0.3, 0.4) is 0 Å². The third kappa shape index (κ3) is 2.43. The molecule has 0 radical (unpaired) electrons. The molecule has 1 saturated heterocycles. The number of hydrogen-bond donors (Lipinski definition) is 3. The summed E-state index contributed by atoms with van der Waals surface area (Å²) in [6, 6.07) is 0. The standard InChI is InChI=1S/C9H14N4O4/c10-9-11-2-7(16)13(4-12-9)8-1-5(15)6(3-14)17-8/h4-6,8,14-15H,1-3H2,(H2,10,11)/t5?,6-,8-/m1/s1. The number of carbonyl (C=O) groups is 1. The van der Waals surface area contributed by atoms with Crippen molar-refractivity contribution in [3.63, 3.8) is 0 Å². The van der Waals surface area contributed by atoms with E-state index in [0.29, 0.717) is 0 Å². The SMILES string of the molecule is NC1=NCC(=O)N([C@H]2CC(O)[C@@H](CO)O2)C=N1. The number of rotatable bonds is 2. The summed E-state index contributed by atoms with van der Waals surface area (Å²) >= 11 is 0. The Balaban J connectivity index is 2.08. The molecule has 2 aliphatic rings. The smallest absolute Gasteiger partial charge is 0.251 e. The van der Waals surface area contributed by atoms with E-state index in [1.807, 2.05) is 0 Å². The van der Waals surface area contributed by atoms with Crippen LogP contribution in [0.15, 0.2) is 9.98 Å². The number of guanidine groups is 1. The van der Waals surface area contributed by atoms with Gasteiger partial charge < -0.3 is 20.7 Å². The fourth-order valence-electron chi connectivity index (χ4n) is 1.74. The molecule has 1 fully saturated rings. The largest absolute Gasteiger partial charge is 0.394 e. The van der Waals surface area contributed by atoms with Crippen molar-refractivity contribution in [2.75, 3.05) is 13.2 Å². The molecule has 2 aliphatic heterocycles. The fraction of sp³-hybridized carbons (Fsp3) is 0.667. The molecule has 4 N–H and O–H groups in total. The Labute approximate surface area is 97.4 Å². The molecule has 2 rings (SSSR count). The van der Waals surface area contributed by atoms with Gasteiger partial charge in [-0.3, -0.25) is 9.69 Å². The third-order valence-electron chi connectivity index (χ3n) is 2.67. The fourth-order valence-corrected chi connectivity index (χ4v) is 1.74. The predicted molar refractivity (Wildman–Crippen MR) is 58.2 cm³/mol. The highest BCUT2D eigenvalue weighted by Gasteiger charge is 2.38. The molecular weight excluding hydrogens is 228 g/mol. The van der Waals surface area contributed by atoms with Crippen molar-refractivity contribution in [2.24, 2.45) is 15.7 Å². The van der Waals surface area contributed by atoms with Crippen molar-refractivity contribution in [1.82, 2.24) is 4.90 Å². The number of aliphatic hydroxyl groups excluding tert-OH is 2. The van der Waals surface area contributed by atoms with Crippen LogP contribution in [0.1, 0.15) is 6.42 Å². The summed E-state index contributed by atoms with van der Waals surface area (Å²) in [7, 11) is 0. The Morgan fingerprint density at radius 1 is 1.65 bits per heavy atom. The predicted octanol–water partition coefficient (Wildman–Crippen LogP) is -2.36. The number of amides is 1. The van der Waals surface area contributed by atoms with Gasteiger partial charge in [0.05, 0.1) is 12.7 Å². The first-order valence-corrected chi connectivity index (χ1v) is 5.21. The molecule has 0 aromatic heterocycles. The lowest BCUT2D eigenvalue weighted by atomic mass is 10.2. The molecule has 1 unspecified atom stereocenters. The zero-order valence-corrected chi connectivity index (χ0v) is 9.06. The molecule has 0 aromatic carbocycles. The van der Waals surface area contributed by atoms with Crippen molar-refractivity contribution >= 4 is 18.2 Å². The summed E-state index contributed by atoms with van der Waals surface area (Å²) in [4.78, 5) is 20.4. The average molecular weight is 242 g/mol. The zero-order chi connectivity index (χ0) is 12.4. The Kier molecular flexibility index (Phi) is 3.36. The second-order valence-electron chi connectivity index (χ2n) is 3.83. The van der Waals surface area contributed by atoms with Crippen LogP contribution in [0.25, 0.3) is 0 Å². The van der Waals surface area contributed by atoms with Crippen molar-refractivity contribution < 1.29 is 19.7 Å². The van der Waals surface area contributed by atoms with E-state index >= 15 is 0 Å². The van der Waals surface area contributed by atoms with Crippen LogP contribution < -0.4 is 5.73 Å². The molecule has 1 amide bonds. The molecule has 0 saturated carbocycles. The summed E-state index contributed by atoms with van der Waals surface area (Å²) in [6.07, 6.45) is -0.649. The summed E-state index contributed by atoms with van der Waals surface area (Å²) in [5.41, 5.74) is 5.38. The second kappa shape index (κ2) is 4.78. The number of carbonyl (C=O) groups excluding carboxylic acids is 1. The van der Waals surface area contributed by atoms with Crippen molar-refractivity contribution in [3.05, 3.63) is 0 Å². The minimum Gasteiger partial charge on any atom is -0.394 e. The average Bonchev–Trinajstić information content (AvgIpc) is 2.59. The molecule has 0 bridgehead atoms. The van der Waals surface area contributed by atoms with E-state index in [0.717, 1.165) is 0 Å². The van der Waals surface area contributed by atoms with Gasteiger partial charge in [0.1, 0.15) is 25.2 Å². The molecule has 0 aromatic rings. The van der Waals surface area contributed by atoms with Gasteiger partial charge in [-0.15, -0.1) is 0 Å². The van der Waals surface area contributed by atoms with Gasteiger partial charge in [-0.25, -0.2) is 9.98 Å². The molecule has 94 valence electrons. The number of ether oxygens (including phenoxy) is 1. The number of nitrogens with zero attached hydrogens (tertiary/aromatic N) is 3.